The number of rotatable bonds is 3. The van der Waals surface area contributed by atoms with Crippen LogP contribution in [0.5, 0.6) is 0 Å². The van der Waals surface area contributed by atoms with Gasteiger partial charge in [0.05, 0.1) is 18.0 Å². The first-order valence-corrected chi connectivity index (χ1v) is 5.21. The number of nitrogens with zero attached hydrogens (tertiary/aromatic N) is 3. The van der Waals surface area contributed by atoms with E-state index in [9.17, 15) is 0 Å². The second kappa shape index (κ2) is 3.55. The van der Waals surface area contributed by atoms with Crippen LogP contribution in [0.2, 0.25) is 0 Å². The molecule has 0 radical (unpaired) electrons. The third-order valence-electron chi connectivity index (χ3n) is 1.71. The van der Waals surface area contributed by atoms with Crippen LogP contribution in [0.4, 0.5) is 5.13 Å². The Morgan fingerprint density at radius 2 is 2.50 bits per heavy atom. The molecule has 2 aromatic rings. The molecule has 0 aliphatic rings. The first kappa shape index (κ1) is 9.42. The van der Waals surface area contributed by atoms with E-state index in [-0.39, 0.29) is 6.10 Å². The molecule has 5 nitrogen and oxygen atoms in total. The topological polar surface area (TPSA) is 62.5 Å². The molecule has 1 atom stereocenters. The molecular weight excluding hydrogens is 200 g/mol. The van der Waals surface area contributed by atoms with Crippen molar-refractivity contribution in [3.8, 4) is 0 Å². The number of nitrogens with one attached hydrogen (secondary N) is 1. The lowest BCUT2D eigenvalue weighted by Gasteiger charge is -2.02. The summed E-state index contributed by atoms with van der Waals surface area (Å²) in [7, 11) is 0. The van der Waals surface area contributed by atoms with Gasteiger partial charge in [0.15, 0.2) is 0 Å². The lowest BCUT2D eigenvalue weighted by atomic mass is 10.4. The van der Waals surface area contributed by atoms with E-state index < -0.39 is 0 Å². The van der Waals surface area contributed by atoms with Gasteiger partial charge in [-0.25, -0.2) is 9.50 Å². The van der Waals surface area contributed by atoms with Gasteiger partial charge in [0.25, 0.3) is 0 Å². The number of hydrogen-bond acceptors (Lipinski definition) is 5. The molecule has 0 saturated carbocycles. The van der Waals surface area contributed by atoms with E-state index in [0.717, 1.165) is 15.8 Å². The van der Waals surface area contributed by atoms with Gasteiger partial charge in [-0.15, -0.1) is 5.10 Å². The van der Waals surface area contributed by atoms with E-state index in [1.54, 1.807) is 11.4 Å². The van der Waals surface area contributed by atoms with Crippen molar-refractivity contribution in [2.75, 3.05) is 11.9 Å². The Hall–Kier alpha value is -1.14. The molecule has 0 aromatic carbocycles. The van der Waals surface area contributed by atoms with Crippen molar-refractivity contribution in [1.82, 2.24) is 14.6 Å². The fraction of sp³-hybridized carbons (Fsp3) is 0.500. The summed E-state index contributed by atoms with van der Waals surface area (Å²) in [5.41, 5.74) is 0.964. The molecule has 76 valence electrons. The van der Waals surface area contributed by atoms with Crippen molar-refractivity contribution in [3.05, 3.63) is 11.9 Å². The maximum atomic E-state index is 9.08. The molecule has 6 heteroatoms. The Morgan fingerprint density at radius 3 is 3.14 bits per heavy atom. The smallest absolute Gasteiger partial charge is 0.214 e. The number of imidazole rings is 1. The Bertz CT molecular complexity index is 402. The molecule has 0 aliphatic carbocycles. The van der Waals surface area contributed by atoms with Crippen LogP contribution in [0.1, 0.15) is 12.6 Å². The number of hydrogen-bond donors (Lipinski definition) is 2. The van der Waals surface area contributed by atoms with Gasteiger partial charge in [0.2, 0.25) is 10.1 Å². The minimum Gasteiger partial charge on any atom is -0.392 e. The molecule has 2 heterocycles. The normalized spacial score (nSPS) is 13.4. The van der Waals surface area contributed by atoms with E-state index >= 15 is 0 Å². The molecule has 0 amide bonds. The zero-order valence-corrected chi connectivity index (χ0v) is 8.88. The van der Waals surface area contributed by atoms with E-state index in [1.807, 2.05) is 13.1 Å². The number of aryl methyl sites for hydroxylation is 1. The summed E-state index contributed by atoms with van der Waals surface area (Å²) in [4.78, 5) is 5.15. The van der Waals surface area contributed by atoms with E-state index in [1.165, 1.54) is 11.3 Å². The lowest BCUT2D eigenvalue weighted by Crippen LogP contribution is -2.15. The van der Waals surface area contributed by atoms with E-state index in [2.05, 4.69) is 15.4 Å². The highest BCUT2D eigenvalue weighted by Crippen LogP contribution is 2.18. The maximum Gasteiger partial charge on any atom is 0.214 e. The Balaban J connectivity index is 2.15. The van der Waals surface area contributed by atoms with Crippen LogP contribution < -0.4 is 5.32 Å². The molecule has 0 saturated heterocycles. The number of aliphatic hydroxyl groups excluding tert-OH is 1. The summed E-state index contributed by atoms with van der Waals surface area (Å²) in [5.74, 6) is 0. The number of aliphatic hydroxyl groups is 1. The van der Waals surface area contributed by atoms with Crippen LogP contribution in [0, 0.1) is 6.92 Å². The molecule has 0 aliphatic heterocycles. The van der Waals surface area contributed by atoms with Crippen LogP contribution in [0.15, 0.2) is 6.20 Å². The van der Waals surface area contributed by atoms with Gasteiger partial charge in [0, 0.05) is 6.54 Å². The lowest BCUT2D eigenvalue weighted by molar-refractivity contribution is 0.208. The predicted octanol–water partition coefficient (Wildman–Crippen LogP) is 0.892. The Labute approximate surface area is 85.4 Å². The van der Waals surface area contributed by atoms with E-state index in [4.69, 9.17) is 5.11 Å². The molecule has 2 aromatic heterocycles. The summed E-state index contributed by atoms with van der Waals surface area (Å²) in [6.07, 6.45) is 1.51. The second-order valence-electron chi connectivity index (χ2n) is 3.25. The van der Waals surface area contributed by atoms with Crippen molar-refractivity contribution in [2.24, 2.45) is 0 Å². The predicted molar refractivity (Wildman–Crippen MR) is 55.8 cm³/mol. The minimum absolute atomic E-state index is 0.368. The van der Waals surface area contributed by atoms with Crippen LogP contribution >= 0.6 is 11.3 Å². The maximum absolute atomic E-state index is 9.08. The standard InChI is InChI=1S/C8H12N4OS/c1-5-4-12-8(10-5)14-7(11-12)9-3-6(2)13/h4,6,13H,3H2,1-2H3,(H,9,11). The summed E-state index contributed by atoms with van der Waals surface area (Å²) in [6.45, 7) is 4.18. The third-order valence-corrected chi connectivity index (χ3v) is 2.59. The number of fused-ring (bicyclic) bond motifs is 1. The number of anilines is 1. The molecule has 2 N–H and O–H groups in total. The van der Waals surface area contributed by atoms with Crippen LogP contribution in [-0.2, 0) is 0 Å². The molecule has 2 rings (SSSR count). The Morgan fingerprint density at radius 1 is 1.71 bits per heavy atom. The zero-order valence-electron chi connectivity index (χ0n) is 8.06. The zero-order chi connectivity index (χ0) is 10.1. The van der Waals surface area contributed by atoms with Gasteiger partial charge >= 0.3 is 0 Å². The summed E-state index contributed by atoms with van der Waals surface area (Å²) >= 11 is 1.48. The molecule has 0 spiro atoms. The molecule has 1 unspecified atom stereocenters. The highest BCUT2D eigenvalue weighted by atomic mass is 32.1. The Kier molecular flexibility index (Phi) is 2.39. The van der Waals surface area contributed by atoms with Gasteiger partial charge in [-0.05, 0) is 13.8 Å². The van der Waals surface area contributed by atoms with Crippen LogP contribution in [-0.4, -0.2) is 32.4 Å². The fourth-order valence-corrected chi connectivity index (χ4v) is 1.95. The van der Waals surface area contributed by atoms with Crippen molar-refractivity contribution in [1.29, 1.82) is 0 Å². The highest BCUT2D eigenvalue weighted by molar-refractivity contribution is 7.20. The first-order valence-electron chi connectivity index (χ1n) is 4.40. The average Bonchev–Trinajstić information content (AvgIpc) is 2.57. The minimum atomic E-state index is -0.368. The molecule has 14 heavy (non-hydrogen) atoms. The van der Waals surface area contributed by atoms with Crippen molar-refractivity contribution < 1.29 is 5.11 Å². The van der Waals surface area contributed by atoms with Crippen LogP contribution in [0.3, 0.4) is 0 Å². The molecule has 0 fully saturated rings. The van der Waals surface area contributed by atoms with E-state index in [0.29, 0.717) is 6.54 Å². The van der Waals surface area contributed by atoms with Crippen molar-refractivity contribution >= 4 is 21.4 Å². The quantitative estimate of drug-likeness (QED) is 0.793. The molecular formula is C8H12N4OS. The number of aromatic nitrogens is 3. The largest absolute Gasteiger partial charge is 0.392 e. The van der Waals surface area contributed by atoms with Gasteiger partial charge in [-0.3, -0.25) is 0 Å². The van der Waals surface area contributed by atoms with Gasteiger partial charge in [-0.1, -0.05) is 11.3 Å². The summed E-state index contributed by atoms with van der Waals surface area (Å²) < 4.78 is 1.74. The highest BCUT2D eigenvalue weighted by Gasteiger charge is 2.05. The summed E-state index contributed by atoms with van der Waals surface area (Å²) in [6, 6.07) is 0. The van der Waals surface area contributed by atoms with Gasteiger partial charge < -0.3 is 10.4 Å². The van der Waals surface area contributed by atoms with Crippen LogP contribution in [0.25, 0.3) is 4.96 Å². The summed E-state index contributed by atoms with van der Waals surface area (Å²) in [5, 5.41) is 17.2. The molecule has 0 bridgehead atoms. The first-order chi connectivity index (χ1) is 6.65. The average molecular weight is 212 g/mol. The van der Waals surface area contributed by atoms with Crippen molar-refractivity contribution in [2.45, 2.75) is 20.0 Å². The van der Waals surface area contributed by atoms with Gasteiger partial charge in [0.1, 0.15) is 0 Å². The van der Waals surface area contributed by atoms with Gasteiger partial charge in [-0.2, -0.15) is 0 Å². The third kappa shape index (κ3) is 1.85. The van der Waals surface area contributed by atoms with Crippen molar-refractivity contribution in [3.63, 3.8) is 0 Å². The fourth-order valence-electron chi connectivity index (χ4n) is 1.12. The second-order valence-corrected chi connectivity index (χ2v) is 4.20. The SMILES string of the molecule is Cc1cn2nc(NCC(C)O)sc2n1. The monoisotopic (exact) mass is 212 g/mol.